The molecule has 0 heterocycles. The van der Waals surface area contributed by atoms with Gasteiger partial charge in [-0.1, -0.05) is 22.0 Å². The fourth-order valence-electron chi connectivity index (χ4n) is 1.07. The fourth-order valence-corrected chi connectivity index (χ4v) is 1.56. The number of hydrogen-bond donors (Lipinski definition) is 0. The van der Waals surface area contributed by atoms with Gasteiger partial charge >= 0.3 is 0 Å². The molecule has 0 radical (unpaired) electrons. The van der Waals surface area contributed by atoms with Gasteiger partial charge in [0, 0.05) is 10.9 Å². The zero-order valence-corrected chi connectivity index (χ0v) is 9.22. The molecule has 2 nitrogen and oxygen atoms in total. The minimum atomic E-state index is 0.158. The molecule has 0 fully saturated rings. The molecular formula is C10H11BrO2. The van der Waals surface area contributed by atoms with E-state index in [1.807, 2.05) is 18.2 Å². The lowest BCUT2D eigenvalue weighted by Crippen LogP contribution is -1.97. The average molecular weight is 243 g/mol. The van der Waals surface area contributed by atoms with Crippen LogP contribution in [0, 0.1) is 0 Å². The Labute approximate surface area is 86.0 Å². The van der Waals surface area contributed by atoms with E-state index < -0.39 is 0 Å². The molecule has 0 aromatic heterocycles. The highest BCUT2D eigenvalue weighted by Gasteiger charge is 2.03. The number of benzene rings is 1. The fraction of sp³-hybridized carbons (Fsp3) is 0.300. The predicted octanol–water partition coefficient (Wildman–Crippen LogP) is 2.59. The molecule has 13 heavy (non-hydrogen) atoms. The van der Waals surface area contributed by atoms with Crippen LogP contribution < -0.4 is 4.74 Å². The molecule has 70 valence electrons. The first-order chi connectivity index (χ1) is 6.13. The molecule has 1 aromatic rings. The Balaban J connectivity index is 2.91. The maximum atomic E-state index is 10.9. The van der Waals surface area contributed by atoms with Gasteiger partial charge in [0.1, 0.15) is 11.5 Å². The van der Waals surface area contributed by atoms with Crippen LogP contribution in [0.2, 0.25) is 0 Å². The lowest BCUT2D eigenvalue weighted by molar-refractivity contribution is -0.116. The van der Waals surface area contributed by atoms with Gasteiger partial charge in [0.2, 0.25) is 0 Å². The Morgan fingerprint density at radius 3 is 2.69 bits per heavy atom. The number of carbonyl (C=O) groups is 1. The second-order valence-electron chi connectivity index (χ2n) is 2.84. The first-order valence-corrected chi connectivity index (χ1v) is 4.74. The molecule has 0 aliphatic carbocycles. The van der Waals surface area contributed by atoms with Crippen molar-refractivity contribution in [2.75, 3.05) is 7.11 Å². The number of carbonyl (C=O) groups excluding carboxylic acids is 1. The van der Waals surface area contributed by atoms with Gasteiger partial charge in [-0.05, 0) is 24.6 Å². The second kappa shape index (κ2) is 4.42. The molecule has 0 bridgehead atoms. The molecule has 0 aliphatic heterocycles. The zero-order valence-electron chi connectivity index (χ0n) is 7.63. The third-order valence-corrected chi connectivity index (χ3v) is 2.44. The van der Waals surface area contributed by atoms with Crippen LogP contribution in [0.5, 0.6) is 5.75 Å². The molecular weight excluding hydrogens is 232 g/mol. The summed E-state index contributed by atoms with van der Waals surface area (Å²) in [6.45, 7) is 1.58. The molecule has 0 saturated heterocycles. The van der Waals surface area contributed by atoms with Gasteiger partial charge in [-0.25, -0.2) is 0 Å². The van der Waals surface area contributed by atoms with Crippen LogP contribution in [-0.4, -0.2) is 12.9 Å². The summed E-state index contributed by atoms with van der Waals surface area (Å²) in [4.78, 5) is 10.9. The molecule has 0 N–H and O–H groups in total. The van der Waals surface area contributed by atoms with E-state index in [0.29, 0.717) is 6.42 Å². The first kappa shape index (κ1) is 10.3. The van der Waals surface area contributed by atoms with Crippen molar-refractivity contribution in [3.63, 3.8) is 0 Å². The third kappa shape index (κ3) is 2.84. The third-order valence-electron chi connectivity index (χ3n) is 1.70. The molecule has 0 atom stereocenters. The van der Waals surface area contributed by atoms with E-state index in [4.69, 9.17) is 4.74 Å². The predicted molar refractivity (Wildman–Crippen MR) is 55.1 cm³/mol. The van der Waals surface area contributed by atoms with Gasteiger partial charge in [-0.2, -0.15) is 0 Å². The molecule has 1 rings (SSSR count). The van der Waals surface area contributed by atoms with Crippen LogP contribution in [0.25, 0.3) is 0 Å². The van der Waals surface area contributed by atoms with Crippen molar-refractivity contribution in [1.82, 2.24) is 0 Å². The van der Waals surface area contributed by atoms with E-state index in [2.05, 4.69) is 15.9 Å². The van der Waals surface area contributed by atoms with Crippen molar-refractivity contribution in [2.24, 2.45) is 0 Å². The first-order valence-electron chi connectivity index (χ1n) is 3.95. The van der Waals surface area contributed by atoms with Crippen LogP contribution in [0.4, 0.5) is 0 Å². The number of hydrogen-bond acceptors (Lipinski definition) is 2. The van der Waals surface area contributed by atoms with Gasteiger partial charge in [-0.15, -0.1) is 0 Å². The number of ketones is 1. The van der Waals surface area contributed by atoms with Crippen LogP contribution in [-0.2, 0) is 11.2 Å². The smallest absolute Gasteiger partial charge is 0.134 e. The van der Waals surface area contributed by atoms with Crippen LogP contribution in [0.3, 0.4) is 0 Å². The molecule has 0 amide bonds. The topological polar surface area (TPSA) is 26.3 Å². The van der Waals surface area contributed by atoms with E-state index >= 15 is 0 Å². The Bertz CT molecular complexity index is 321. The van der Waals surface area contributed by atoms with Crippen LogP contribution >= 0.6 is 15.9 Å². The lowest BCUT2D eigenvalue weighted by atomic mass is 10.1. The largest absolute Gasteiger partial charge is 0.497 e. The van der Waals surface area contributed by atoms with E-state index in [0.717, 1.165) is 15.8 Å². The maximum Gasteiger partial charge on any atom is 0.134 e. The highest BCUT2D eigenvalue weighted by atomic mass is 79.9. The Kier molecular flexibility index (Phi) is 3.48. The summed E-state index contributed by atoms with van der Waals surface area (Å²) in [5.41, 5.74) is 0.994. The standard InChI is InChI=1S/C10H11BrO2/c1-7(12)5-8-3-4-9(13-2)6-10(8)11/h3-4,6H,5H2,1-2H3. The number of halogens is 1. The summed E-state index contributed by atoms with van der Waals surface area (Å²) in [5, 5.41) is 0. The normalized spacial score (nSPS) is 9.77. The quantitative estimate of drug-likeness (QED) is 0.815. The molecule has 3 heteroatoms. The maximum absolute atomic E-state index is 10.9. The summed E-state index contributed by atoms with van der Waals surface area (Å²) in [6, 6.07) is 5.60. The van der Waals surface area contributed by atoms with Crippen molar-refractivity contribution in [3.8, 4) is 5.75 Å². The molecule has 0 spiro atoms. The van der Waals surface area contributed by atoms with E-state index in [-0.39, 0.29) is 5.78 Å². The summed E-state index contributed by atoms with van der Waals surface area (Å²) >= 11 is 3.38. The Morgan fingerprint density at radius 2 is 2.23 bits per heavy atom. The van der Waals surface area contributed by atoms with Crippen molar-refractivity contribution in [3.05, 3.63) is 28.2 Å². The van der Waals surface area contributed by atoms with Gasteiger partial charge in [0.15, 0.2) is 0 Å². The molecule has 0 aliphatic rings. The lowest BCUT2D eigenvalue weighted by Gasteiger charge is -2.04. The van der Waals surface area contributed by atoms with Crippen LogP contribution in [0.1, 0.15) is 12.5 Å². The number of ether oxygens (including phenoxy) is 1. The van der Waals surface area contributed by atoms with Crippen molar-refractivity contribution in [2.45, 2.75) is 13.3 Å². The summed E-state index contributed by atoms with van der Waals surface area (Å²) < 4.78 is 5.96. The zero-order chi connectivity index (χ0) is 9.84. The van der Waals surface area contributed by atoms with E-state index in [1.54, 1.807) is 14.0 Å². The molecule has 1 aromatic carbocycles. The van der Waals surface area contributed by atoms with Gasteiger partial charge in [-0.3, -0.25) is 4.79 Å². The number of methoxy groups -OCH3 is 1. The summed E-state index contributed by atoms with van der Waals surface area (Å²) in [7, 11) is 1.62. The number of Topliss-reactive ketones (excluding diaryl/α,β-unsaturated/α-hetero) is 1. The highest BCUT2D eigenvalue weighted by Crippen LogP contribution is 2.23. The van der Waals surface area contributed by atoms with E-state index in [1.165, 1.54) is 0 Å². The monoisotopic (exact) mass is 242 g/mol. The van der Waals surface area contributed by atoms with Crippen molar-refractivity contribution >= 4 is 21.7 Å². The highest BCUT2D eigenvalue weighted by molar-refractivity contribution is 9.10. The van der Waals surface area contributed by atoms with Gasteiger partial charge < -0.3 is 4.74 Å². The van der Waals surface area contributed by atoms with Crippen LogP contribution in [0.15, 0.2) is 22.7 Å². The van der Waals surface area contributed by atoms with Gasteiger partial charge in [0.05, 0.1) is 7.11 Å². The minimum Gasteiger partial charge on any atom is -0.497 e. The second-order valence-corrected chi connectivity index (χ2v) is 3.69. The summed E-state index contributed by atoms with van der Waals surface area (Å²) in [6.07, 6.45) is 0.463. The minimum absolute atomic E-state index is 0.158. The molecule has 0 unspecified atom stereocenters. The van der Waals surface area contributed by atoms with Gasteiger partial charge in [0.25, 0.3) is 0 Å². The SMILES string of the molecule is COc1ccc(CC(C)=O)c(Br)c1. The number of rotatable bonds is 3. The summed E-state index contributed by atoms with van der Waals surface area (Å²) in [5.74, 6) is 0.949. The Hall–Kier alpha value is -0.830. The average Bonchev–Trinajstić information content (AvgIpc) is 2.08. The van der Waals surface area contributed by atoms with Crippen molar-refractivity contribution < 1.29 is 9.53 Å². The Morgan fingerprint density at radius 1 is 1.54 bits per heavy atom. The molecule has 0 saturated carbocycles. The van der Waals surface area contributed by atoms with Crippen molar-refractivity contribution in [1.29, 1.82) is 0 Å². The van der Waals surface area contributed by atoms with E-state index in [9.17, 15) is 4.79 Å².